The minimum Gasteiger partial charge on any atom is -0.323 e. The summed E-state index contributed by atoms with van der Waals surface area (Å²) in [6, 6.07) is 6.93. The van der Waals surface area contributed by atoms with Gasteiger partial charge >= 0.3 is 0 Å². The van der Waals surface area contributed by atoms with E-state index in [4.69, 9.17) is 5.73 Å². The van der Waals surface area contributed by atoms with E-state index < -0.39 is 0 Å². The van der Waals surface area contributed by atoms with Gasteiger partial charge in [-0.2, -0.15) is 0 Å². The molecular formula is C14H23FN2. The van der Waals surface area contributed by atoms with E-state index in [1.54, 1.807) is 12.1 Å². The molecule has 0 aromatic heterocycles. The Hall–Kier alpha value is -0.930. The van der Waals surface area contributed by atoms with Crippen molar-refractivity contribution in [2.75, 3.05) is 13.6 Å². The number of likely N-dealkylation sites (N-methyl/N-ethyl adjacent to an activating group) is 1. The van der Waals surface area contributed by atoms with Gasteiger partial charge < -0.3 is 10.6 Å². The Morgan fingerprint density at radius 3 is 2.41 bits per heavy atom. The highest BCUT2D eigenvalue weighted by molar-refractivity contribution is 5.19. The summed E-state index contributed by atoms with van der Waals surface area (Å²) in [5.74, 6) is -0.214. The molecule has 0 radical (unpaired) electrons. The molecule has 0 heterocycles. The first-order chi connectivity index (χ1) is 8.04. The van der Waals surface area contributed by atoms with Crippen LogP contribution in [-0.2, 0) is 0 Å². The predicted molar refractivity (Wildman–Crippen MR) is 70.3 cm³/mol. The van der Waals surface area contributed by atoms with Crippen molar-refractivity contribution in [1.82, 2.24) is 4.90 Å². The van der Waals surface area contributed by atoms with Gasteiger partial charge in [0.1, 0.15) is 5.82 Å². The van der Waals surface area contributed by atoms with E-state index in [0.29, 0.717) is 6.04 Å². The molecule has 0 bridgehead atoms. The fourth-order valence-electron chi connectivity index (χ4n) is 1.94. The Kier molecular flexibility index (Phi) is 5.59. The van der Waals surface area contributed by atoms with Crippen LogP contribution in [0.25, 0.3) is 0 Å². The smallest absolute Gasteiger partial charge is 0.123 e. The lowest BCUT2D eigenvalue weighted by atomic mass is 10.1. The van der Waals surface area contributed by atoms with E-state index in [1.807, 2.05) is 0 Å². The van der Waals surface area contributed by atoms with Gasteiger partial charge in [0.15, 0.2) is 0 Å². The normalized spacial score (nSPS) is 14.9. The Morgan fingerprint density at radius 1 is 1.29 bits per heavy atom. The lowest BCUT2D eigenvalue weighted by Crippen LogP contribution is -2.35. The zero-order chi connectivity index (χ0) is 12.8. The molecule has 0 aliphatic heterocycles. The number of hydrogen-bond acceptors (Lipinski definition) is 2. The van der Waals surface area contributed by atoms with E-state index in [9.17, 15) is 4.39 Å². The molecule has 2 N–H and O–H groups in total. The summed E-state index contributed by atoms with van der Waals surface area (Å²) < 4.78 is 12.8. The molecule has 0 amide bonds. The van der Waals surface area contributed by atoms with Crippen LogP contribution in [0.15, 0.2) is 24.3 Å². The summed E-state index contributed by atoms with van der Waals surface area (Å²) >= 11 is 0. The van der Waals surface area contributed by atoms with Gasteiger partial charge in [-0.25, -0.2) is 4.39 Å². The second-order valence-electron chi connectivity index (χ2n) is 4.74. The minimum atomic E-state index is -0.214. The average molecular weight is 238 g/mol. The number of hydrogen-bond donors (Lipinski definition) is 1. The third-order valence-corrected chi connectivity index (χ3v) is 3.24. The molecule has 1 aromatic rings. The number of nitrogens with two attached hydrogens (primary N) is 1. The molecule has 0 aliphatic rings. The molecule has 2 unspecified atom stereocenters. The summed E-state index contributed by atoms with van der Waals surface area (Å²) in [6.45, 7) is 5.19. The molecule has 17 heavy (non-hydrogen) atoms. The van der Waals surface area contributed by atoms with Crippen molar-refractivity contribution >= 4 is 0 Å². The van der Waals surface area contributed by atoms with Crippen LogP contribution in [0.4, 0.5) is 4.39 Å². The van der Waals surface area contributed by atoms with Crippen molar-refractivity contribution in [2.24, 2.45) is 5.73 Å². The highest BCUT2D eigenvalue weighted by Gasteiger charge is 2.13. The molecule has 1 rings (SSSR count). The molecule has 1 aromatic carbocycles. The van der Waals surface area contributed by atoms with Crippen LogP contribution >= 0.6 is 0 Å². The van der Waals surface area contributed by atoms with Crippen molar-refractivity contribution < 1.29 is 4.39 Å². The molecule has 2 atom stereocenters. The van der Waals surface area contributed by atoms with Crippen LogP contribution in [-0.4, -0.2) is 24.5 Å². The van der Waals surface area contributed by atoms with Gasteiger partial charge in [-0.1, -0.05) is 25.5 Å². The summed E-state index contributed by atoms with van der Waals surface area (Å²) in [5, 5.41) is 0. The lowest BCUT2D eigenvalue weighted by molar-refractivity contribution is 0.231. The van der Waals surface area contributed by atoms with E-state index in [1.165, 1.54) is 25.0 Å². The molecule has 0 saturated heterocycles. The van der Waals surface area contributed by atoms with E-state index in [2.05, 4.69) is 25.8 Å². The maximum atomic E-state index is 12.8. The van der Waals surface area contributed by atoms with Crippen molar-refractivity contribution in [2.45, 2.75) is 38.8 Å². The van der Waals surface area contributed by atoms with Crippen molar-refractivity contribution in [3.05, 3.63) is 35.6 Å². The van der Waals surface area contributed by atoms with Crippen LogP contribution in [0.3, 0.4) is 0 Å². The average Bonchev–Trinajstić information content (AvgIpc) is 2.30. The Labute approximate surface area is 104 Å². The predicted octanol–water partition coefficient (Wildman–Crippen LogP) is 2.95. The van der Waals surface area contributed by atoms with E-state index in [0.717, 1.165) is 12.1 Å². The van der Waals surface area contributed by atoms with Gasteiger partial charge in [0.05, 0.1) is 0 Å². The summed E-state index contributed by atoms with van der Waals surface area (Å²) in [4.78, 5) is 2.26. The number of rotatable bonds is 6. The molecular weight excluding hydrogens is 215 g/mol. The van der Waals surface area contributed by atoms with E-state index in [-0.39, 0.29) is 11.9 Å². The van der Waals surface area contributed by atoms with Gasteiger partial charge in [0.2, 0.25) is 0 Å². The Bertz CT molecular complexity index is 323. The molecule has 0 fully saturated rings. The lowest BCUT2D eigenvalue weighted by Gasteiger charge is -2.27. The number of benzene rings is 1. The monoisotopic (exact) mass is 238 g/mol. The van der Waals surface area contributed by atoms with Gasteiger partial charge in [0, 0.05) is 18.6 Å². The Balaban J connectivity index is 2.53. The van der Waals surface area contributed by atoms with Gasteiger partial charge in [-0.05, 0) is 38.1 Å². The third kappa shape index (κ3) is 4.44. The van der Waals surface area contributed by atoms with Crippen molar-refractivity contribution in [3.8, 4) is 0 Å². The fraction of sp³-hybridized carbons (Fsp3) is 0.571. The number of halogens is 1. The highest BCUT2D eigenvalue weighted by atomic mass is 19.1. The van der Waals surface area contributed by atoms with E-state index >= 15 is 0 Å². The molecule has 0 saturated carbocycles. The van der Waals surface area contributed by atoms with Crippen molar-refractivity contribution in [1.29, 1.82) is 0 Å². The largest absolute Gasteiger partial charge is 0.323 e. The highest BCUT2D eigenvalue weighted by Crippen LogP contribution is 2.14. The quantitative estimate of drug-likeness (QED) is 0.825. The van der Waals surface area contributed by atoms with Gasteiger partial charge in [-0.3, -0.25) is 0 Å². The molecule has 96 valence electrons. The summed E-state index contributed by atoms with van der Waals surface area (Å²) in [5.41, 5.74) is 7.10. The van der Waals surface area contributed by atoms with Crippen LogP contribution < -0.4 is 5.73 Å². The van der Waals surface area contributed by atoms with Crippen LogP contribution in [0, 0.1) is 5.82 Å². The second-order valence-corrected chi connectivity index (χ2v) is 4.74. The molecule has 0 spiro atoms. The Morgan fingerprint density at radius 2 is 1.88 bits per heavy atom. The molecule has 2 nitrogen and oxygen atoms in total. The standard InChI is InChI=1S/C14H23FN2/c1-4-5-11(2)17(3)10-14(16)12-6-8-13(15)9-7-12/h6-9,11,14H,4-5,10,16H2,1-3H3. The third-order valence-electron chi connectivity index (χ3n) is 3.24. The van der Waals surface area contributed by atoms with Crippen LogP contribution in [0.1, 0.15) is 38.3 Å². The second kappa shape index (κ2) is 6.72. The minimum absolute atomic E-state index is 0.0556. The van der Waals surface area contributed by atoms with Crippen LogP contribution in [0.2, 0.25) is 0 Å². The first-order valence-corrected chi connectivity index (χ1v) is 6.25. The fourth-order valence-corrected chi connectivity index (χ4v) is 1.94. The maximum absolute atomic E-state index is 12.8. The first-order valence-electron chi connectivity index (χ1n) is 6.25. The zero-order valence-electron chi connectivity index (χ0n) is 11.0. The topological polar surface area (TPSA) is 29.3 Å². The summed E-state index contributed by atoms with van der Waals surface area (Å²) in [6.07, 6.45) is 2.35. The summed E-state index contributed by atoms with van der Waals surface area (Å²) in [7, 11) is 2.09. The molecule has 0 aliphatic carbocycles. The van der Waals surface area contributed by atoms with Crippen LogP contribution in [0.5, 0.6) is 0 Å². The first kappa shape index (κ1) is 14.1. The van der Waals surface area contributed by atoms with Gasteiger partial charge in [0.25, 0.3) is 0 Å². The maximum Gasteiger partial charge on any atom is 0.123 e. The SMILES string of the molecule is CCCC(C)N(C)CC(N)c1ccc(F)cc1. The van der Waals surface area contributed by atoms with Crippen molar-refractivity contribution in [3.63, 3.8) is 0 Å². The number of nitrogens with zero attached hydrogens (tertiary/aromatic N) is 1. The molecule has 3 heteroatoms. The zero-order valence-corrected chi connectivity index (χ0v) is 11.0. The van der Waals surface area contributed by atoms with Gasteiger partial charge in [-0.15, -0.1) is 0 Å².